The van der Waals surface area contributed by atoms with Gasteiger partial charge in [-0.3, -0.25) is 14.3 Å². The van der Waals surface area contributed by atoms with E-state index in [2.05, 4.69) is 10.3 Å². The van der Waals surface area contributed by atoms with Gasteiger partial charge in [0, 0.05) is 29.8 Å². The van der Waals surface area contributed by atoms with Crippen LogP contribution in [0.1, 0.15) is 11.3 Å². The third-order valence-corrected chi connectivity index (χ3v) is 5.29. The van der Waals surface area contributed by atoms with Crippen molar-refractivity contribution in [2.45, 2.75) is 20.0 Å². The molecule has 0 aliphatic rings. The average molecular weight is 436 g/mol. The number of methoxy groups -OCH3 is 3. The first-order chi connectivity index (χ1) is 15.4. The van der Waals surface area contributed by atoms with E-state index in [-0.39, 0.29) is 18.0 Å². The highest BCUT2D eigenvalue weighted by Crippen LogP contribution is 2.34. The van der Waals surface area contributed by atoms with Gasteiger partial charge in [-0.2, -0.15) is 4.98 Å². The van der Waals surface area contributed by atoms with Crippen molar-refractivity contribution in [3.8, 4) is 17.2 Å². The van der Waals surface area contributed by atoms with Crippen molar-refractivity contribution in [2.75, 3.05) is 21.3 Å². The number of carbonyl (C=O) groups excluding carboxylic acids is 1. The molecule has 0 fully saturated rings. The van der Waals surface area contributed by atoms with Crippen molar-refractivity contribution in [1.82, 2.24) is 19.5 Å². The van der Waals surface area contributed by atoms with E-state index in [1.807, 2.05) is 24.3 Å². The zero-order valence-electron chi connectivity index (χ0n) is 18.3. The fourth-order valence-corrected chi connectivity index (χ4v) is 3.73. The third kappa shape index (κ3) is 3.84. The minimum Gasteiger partial charge on any atom is -0.497 e. The number of aromatic nitrogens is 3. The van der Waals surface area contributed by atoms with E-state index < -0.39 is 0 Å². The monoisotopic (exact) mass is 436 g/mol. The highest BCUT2D eigenvalue weighted by Gasteiger charge is 2.19. The van der Waals surface area contributed by atoms with E-state index in [0.717, 1.165) is 11.3 Å². The summed E-state index contributed by atoms with van der Waals surface area (Å²) in [6.07, 6.45) is 0. The number of ether oxygens (including phenoxy) is 3. The van der Waals surface area contributed by atoms with Crippen LogP contribution in [0.5, 0.6) is 17.2 Å². The van der Waals surface area contributed by atoms with E-state index >= 15 is 0 Å². The summed E-state index contributed by atoms with van der Waals surface area (Å²) in [6.45, 7) is 2.20. The van der Waals surface area contributed by atoms with Crippen LogP contribution in [0.15, 0.2) is 47.3 Å². The fraction of sp³-hybridized carbons (Fsp3) is 0.261. The molecule has 0 saturated carbocycles. The van der Waals surface area contributed by atoms with Gasteiger partial charge in [0.05, 0.1) is 26.8 Å². The number of rotatable bonds is 7. The summed E-state index contributed by atoms with van der Waals surface area (Å²) in [4.78, 5) is 29.1. The molecule has 0 radical (unpaired) electrons. The van der Waals surface area contributed by atoms with Gasteiger partial charge >= 0.3 is 0 Å². The van der Waals surface area contributed by atoms with Crippen LogP contribution in [0.25, 0.3) is 16.6 Å². The molecule has 0 saturated heterocycles. The predicted molar refractivity (Wildman–Crippen MR) is 120 cm³/mol. The Morgan fingerprint density at radius 3 is 2.34 bits per heavy atom. The fourth-order valence-electron chi connectivity index (χ4n) is 3.73. The van der Waals surface area contributed by atoms with Crippen LogP contribution in [-0.4, -0.2) is 41.4 Å². The van der Waals surface area contributed by atoms with Crippen molar-refractivity contribution in [3.05, 3.63) is 64.1 Å². The highest BCUT2D eigenvalue weighted by molar-refractivity contribution is 5.96. The molecule has 0 aliphatic heterocycles. The number of amides is 1. The smallest absolute Gasteiger partial charge is 0.273 e. The van der Waals surface area contributed by atoms with Gasteiger partial charge in [-0.05, 0) is 30.7 Å². The summed E-state index contributed by atoms with van der Waals surface area (Å²) in [5.74, 6) is 1.60. The second kappa shape index (κ2) is 8.62. The van der Waals surface area contributed by atoms with Crippen molar-refractivity contribution in [3.63, 3.8) is 0 Å². The number of fused-ring (bicyclic) bond motifs is 3. The first-order valence-electron chi connectivity index (χ1n) is 9.99. The topological polar surface area (TPSA) is 96.1 Å². The van der Waals surface area contributed by atoms with Gasteiger partial charge in [0.25, 0.3) is 5.56 Å². The molecule has 0 spiro atoms. The molecule has 0 aliphatic carbocycles. The lowest BCUT2D eigenvalue weighted by molar-refractivity contribution is -0.122. The van der Waals surface area contributed by atoms with Gasteiger partial charge in [-0.25, -0.2) is 4.52 Å². The Balaban J connectivity index is 1.72. The van der Waals surface area contributed by atoms with Crippen molar-refractivity contribution < 1.29 is 19.0 Å². The van der Waals surface area contributed by atoms with E-state index in [0.29, 0.717) is 40.3 Å². The number of nitrogens with one attached hydrogen (secondary N) is 1. The molecule has 9 heteroatoms. The zero-order valence-corrected chi connectivity index (χ0v) is 18.3. The second-order valence-corrected chi connectivity index (χ2v) is 7.28. The van der Waals surface area contributed by atoms with Gasteiger partial charge in [-0.1, -0.05) is 12.1 Å². The molecule has 2 aromatic carbocycles. The number of carbonyl (C=O) groups is 1. The Hall–Kier alpha value is -4.01. The summed E-state index contributed by atoms with van der Waals surface area (Å²) in [5.41, 5.74) is 2.42. The van der Waals surface area contributed by atoms with Gasteiger partial charge in [0.2, 0.25) is 5.91 Å². The van der Waals surface area contributed by atoms with E-state index in [1.54, 1.807) is 49.6 Å². The molecule has 0 unspecified atom stereocenters. The van der Waals surface area contributed by atoms with Crippen LogP contribution >= 0.6 is 0 Å². The average Bonchev–Trinajstić information content (AvgIpc) is 3.09. The quantitative estimate of drug-likeness (QED) is 0.478. The molecule has 1 N–H and O–H groups in total. The largest absolute Gasteiger partial charge is 0.497 e. The third-order valence-electron chi connectivity index (χ3n) is 5.29. The van der Waals surface area contributed by atoms with Crippen molar-refractivity contribution >= 4 is 22.5 Å². The van der Waals surface area contributed by atoms with Crippen molar-refractivity contribution in [1.29, 1.82) is 0 Å². The Labute approximate surface area is 184 Å². The molecule has 32 heavy (non-hydrogen) atoms. The molecule has 2 heterocycles. The number of hydrogen-bond acceptors (Lipinski definition) is 6. The van der Waals surface area contributed by atoms with Crippen LogP contribution in [0.3, 0.4) is 0 Å². The Morgan fingerprint density at radius 1 is 1.00 bits per heavy atom. The second-order valence-electron chi connectivity index (χ2n) is 7.28. The predicted octanol–water partition coefficient (Wildman–Crippen LogP) is 2.30. The van der Waals surface area contributed by atoms with E-state index in [4.69, 9.17) is 14.2 Å². The lowest BCUT2D eigenvalue weighted by Crippen LogP contribution is -2.29. The van der Waals surface area contributed by atoms with Gasteiger partial charge in [-0.15, -0.1) is 0 Å². The molecular weight excluding hydrogens is 412 g/mol. The minimum absolute atomic E-state index is 0.0248. The van der Waals surface area contributed by atoms with Crippen LogP contribution < -0.4 is 25.1 Å². The van der Waals surface area contributed by atoms with Gasteiger partial charge in [0.1, 0.15) is 12.3 Å². The number of aryl methyl sites for hydroxylation is 1. The summed E-state index contributed by atoms with van der Waals surface area (Å²) < 4.78 is 19.5. The standard InChI is InChI=1S/C23H24N4O5/c1-14-9-21(28)25-23-17-10-19(31-3)20(32-4)11-18(17)26(27(14)23)13-22(29)24-12-15-5-7-16(30-2)8-6-15/h5-11H,12-13H2,1-4H3,(H,24,29). The molecule has 9 nitrogen and oxygen atoms in total. The molecule has 0 bridgehead atoms. The van der Waals surface area contributed by atoms with E-state index in [9.17, 15) is 9.59 Å². The summed E-state index contributed by atoms with van der Waals surface area (Å²) in [7, 11) is 4.70. The van der Waals surface area contributed by atoms with Gasteiger partial charge < -0.3 is 19.5 Å². The zero-order chi connectivity index (χ0) is 22.8. The van der Waals surface area contributed by atoms with Crippen molar-refractivity contribution in [2.24, 2.45) is 0 Å². The number of hydrogen-bond donors (Lipinski definition) is 1. The Kier molecular flexibility index (Phi) is 5.72. The first-order valence-corrected chi connectivity index (χ1v) is 9.99. The number of benzene rings is 2. The summed E-state index contributed by atoms with van der Waals surface area (Å²) >= 11 is 0. The lowest BCUT2D eigenvalue weighted by atomic mass is 10.2. The lowest BCUT2D eigenvalue weighted by Gasteiger charge is -2.12. The maximum atomic E-state index is 12.8. The summed E-state index contributed by atoms with van der Waals surface area (Å²) in [6, 6.07) is 12.5. The normalized spacial score (nSPS) is 11.0. The van der Waals surface area contributed by atoms with Crippen LogP contribution in [0.2, 0.25) is 0 Å². The molecule has 4 aromatic rings. The molecule has 4 rings (SSSR count). The van der Waals surface area contributed by atoms with Crippen LogP contribution in [0, 0.1) is 6.92 Å². The molecular formula is C23H24N4O5. The molecule has 0 atom stereocenters. The molecule has 1 amide bonds. The van der Waals surface area contributed by atoms with E-state index in [1.165, 1.54) is 6.07 Å². The van der Waals surface area contributed by atoms with Crippen LogP contribution in [-0.2, 0) is 17.9 Å². The SMILES string of the molecule is COc1ccc(CNC(=O)Cn2c3cc(OC)c(OC)cc3c3nc(=O)cc(C)n32)cc1. The minimum atomic E-state index is -0.347. The maximum Gasteiger partial charge on any atom is 0.273 e. The van der Waals surface area contributed by atoms with Crippen LogP contribution in [0.4, 0.5) is 0 Å². The summed E-state index contributed by atoms with van der Waals surface area (Å²) in [5, 5.41) is 3.62. The molecule has 2 aromatic heterocycles. The first kappa shape index (κ1) is 21.2. The van der Waals surface area contributed by atoms with Gasteiger partial charge in [0.15, 0.2) is 17.1 Å². The Bertz CT molecular complexity index is 1360. The highest BCUT2D eigenvalue weighted by atomic mass is 16.5. The number of nitrogens with zero attached hydrogens (tertiary/aromatic N) is 3. The Morgan fingerprint density at radius 2 is 1.69 bits per heavy atom. The molecule has 166 valence electrons. The maximum absolute atomic E-state index is 12.8.